The molecule has 0 bridgehead atoms. The molecule has 0 aliphatic heterocycles. The highest BCUT2D eigenvalue weighted by Gasteiger charge is 2.18. The van der Waals surface area contributed by atoms with Gasteiger partial charge in [0.25, 0.3) is 5.91 Å². The van der Waals surface area contributed by atoms with Crippen LogP contribution in [0.2, 0.25) is 0 Å². The molecule has 0 unspecified atom stereocenters. The van der Waals surface area contributed by atoms with Crippen molar-refractivity contribution in [2.75, 3.05) is 5.32 Å². The van der Waals surface area contributed by atoms with Gasteiger partial charge in [-0.25, -0.2) is 0 Å². The summed E-state index contributed by atoms with van der Waals surface area (Å²) in [5, 5.41) is 4.51. The maximum atomic E-state index is 12.1. The average molecular weight is 331 g/mol. The topological polar surface area (TPSA) is 72.5 Å². The SMILES string of the molecule is CC(=O)c1cccc(NC(=O)[C@H](C)OC(=O)Cc2cccs2)c1. The fourth-order valence-electron chi connectivity index (χ4n) is 1.91. The normalized spacial score (nSPS) is 11.6. The van der Waals surface area contributed by atoms with E-state index >= 15 is 0 Å². The highest BCUT2D eigenvalue weighted by molar-refractivity contribution is 7.10. The van der Waals surface area contributed by atoms with E-state index in [9.17, 15) is 14.4 Å². The molecular weight excluding hydrogens is 314 g/mol. The van der Waals surface area contributed by atoms with E-state index in [-0.39, 0.29) is 12.2 Å². The van der Waals surface area contributed by atoms with Crippen LogP contribution in [0.25, 0.3) is 0 Å². The van der Waals surface area contributed by atoms with Crippen molar-refractivity contribution in [3.8, 4) is 0 Å². The Bertz CT molecular complexity index is 709. The van der Waals surface area contributed by atoms with Crippen molar-refractivity contribution in [1.82, 2.24) is 0 Å². The quantitative estimate of drug-likeness (QED) is 0.652. The smallest absolute Gasteiger partial charge is 0.311 e. The van der Waals surface area contributed by atoms with E-state index in [2.05, 4.69) is 5.32 Å². The number of nitrogens with one attached hydrogen (secondary N) is 1. The van der Waals surface area contributed by atoms with Crippen LogP contribution in [-0.4, -0.2) is 23.8 Å². The van der Waals surface area contributed by atoms with Gasteiger partial charge in [-0.2, -0.15) is 0 Å². The molecule has 1 atom stereocenters. The van der Waals surface area contributed by atoms with Crippen molar-refractivity contribution in [1.29, 1.82) is 0 Å². The number of carbonyl (C=O) groups is 3. The summed E-state index contributed by atoms with van der Waals surface area (Å²) in [6.45, 7) is 2.96. The zero-order chi connectivity index (χ0) is 16.8. The maximum absolute atomic E-state index is 12.1. The van der Waals surface area contributed by atoms with Gasteiger partial charge in [-0.15, -0.1) is 11.3 Å². The molecule has 0 radical (unpaired) electrons. The van der Waals surface area contributed by atoms with Gasteiger partial charge in [-0.05, 0) is 37.4 Å². The van der Waals surface area contributed by atoms with E-state index < -0.39 is 18.0 Å². The highest BCUT2D eigenvalue weighted by atomic mass is 32.1. The molecule has 0 aliphatic rings. The zero-order valence-electron chi connectivity index (χ0n) is 12.9. The molecular formula is C17H17NO4S. The number of carbonyl (C=O) groups excluding carboxylic acids is 3. The van der Waals surface area contributed by atoms with Crippen molar-refractivity contribution in [3.63, 3.8) is 0 Å². The second-order valence-electron chi connectivity index (χ2n) is 5.01. The lowest BCUT2D eigenvalue weighted by atomic mass is 10.1. The largest absolute Gasteiger partial charge is 0.452 e. The molecule has 0 fully saturated rings. The lowest BCUT2D eigenvalue weighted by molar-refractivity contribution is -0.152. The molecule has 0 saturated heterocycles. The van der Waals surface area contributed by atoms with Gasteiger partial charge in [0, 0.05) is 16.1 Å². The first-order valence-electron chi connectivity index (χ1n) is 7.09. The Morgan fingerprint density at radius 3 is 2.65 bits per heavy atom. The van der Waals surface area contributed by atoms with Crippen molar-refractivity contribution in [3.05, 3.63) is 52.2 Å². The summed E-state index contributed by atoms with van der Waals surface area (Å²) in [6.07, 6.45) is -0.766. The minimum Gasteiger partial charge on any atom is -0.452 e. The number of hydrogen-bond acceptors (Lipinski definition) is 5. The third-order valence-electron chi connectivity index (χ3n) is 3.11. The number of esters is 1. The van der Waals surface area contributed by atoms with Gasteiger partial charge < -0.3 is 10.1 Å². The highest BCUT2D eigenvalue weighted by Crippen LogP contribution is 2.13. The Labute approximate surface area is 138 Å². The maximum Gasteiger partial charge on any atom is 0.311 e. The molecule has 0 aliphatic carbocycles. The van der Waals surface area contributed by atoms with Crippen LogP contribution in [-0.2, 0) is 20.7 Å². The summed E-state index contributed by atoms with van der Waals surface area (Å²) in [7, 11) is 0. The fraction of sp³-hybridized carbons (Fsp3) is 0.235. The van der Waals surface area contributed by atoms with Crippen LogP contribution in [0.15, 0.2) is 41.8 Å². The molecule has 2 aromatic rings. The van der Waals surface area contributed by atoms with Crippen LogP contribution in [0.4, 0.5) is 5.69 Å². The molecule has 120 valence electrons. The number of amides is 1. The molecule has 23 heavy (non-hydrogen) atoms. The minimum atomic E-state index is -0.913. The molecule has 1 amide bonds. The van der Waals surface area contributed by atoms with E-state index in [1.54, 1.807) is 24.3 Å². The first-order chi connectivity index (χ1) is 11.0. The Balaban J connectivity index is 1.90. The van der Waals surface area contributed by atoms with E-state index in [1.165, 1.54) is 25.2 Å². The predicted molar refractivity (Wildman–Crippen MR) is 88.7 cm³/mol. The van der Waals surface area contributed by atoms with Crippen LogP contribution >= 0.6 is 11.3 Å². The molecule has 5 nitrogen and oxygen atoms in total. The molecule has 0 saturated carbocycles. The van der Waals surface area contributed by atoms with Crippen LogP contribution in [0.1, 0.15) is 29.1 Å². The van der Waals surface area contributed by atoms with Gasteiger partial charge >= 0.3 is 5.97 Å². The van der Waals surface area contributed by atoms with Gasteiger partial charge in [0.05, 0.1) is 6.42 Å². The number of rotatable bonds is 6. The van der Waals surface area contributed by atoms with Crippen LogP contribution < -0.4 is 5.32 Å². The Morgan fingerprint density at radius 1 is 1.22 bits per heavy atom. The molecule has 1 heterocycles. The second-order valence-corrected chi connectivity index (χ2v) is 6.05. The van der Waals surface area contributed by atoms with E-state index in [0.29, 0.717) is 11.3 Å². The second kappa shape index (κ2) is 7.69. The fourth-order valence-corrected chi connectivity index (χ4v) is 2.60. The van der Waals surface area contributed by atoms with Crippen LogP contribution in [0, 0.1) is 0 Å². The van der Waals surface area contributed by atoms with E-state index in [4.69, 9.17) is 4.74 Å². The van der Waals surface area contributed by atoms with E-state index in [0.717, 1.165) is 4.88 Å². The Kier molecular flexibility index (Phi) is 5.65. The molecule has 6 heteroatoms. The predicted octanol–water partition coefficient (Wildman–Crippen LogP) is 3.06. The summed E-state index contributed by atoms with van der Waals surface area (Å²) in [5.74, 6) is -0.977. The summed E-state index contributed by atoms with van der Waals surface area (Å²) in [5.41, 5.74) is 0.994. The number of thiophene rings is 1. The number of anilines is 1. The van der Waals surface area contributed by atoms with E-state index in [1.807, 2.05) is 17.5 Å². The van der Waals surface area contributed by atoms with Crippen molar-refractivity contribution < 1.29 is 19.1 Å². The lowest BCUT2D eigenvalue weighted by Gasteiger charge is -2.13. The van der Waals surface area contributed by atoms with Crippen molar-refractivity contribution in [2.24, 2.45) is 0 Å². The van der Waals surface area contributed by atoms with Gasteiger partial charge in [-0.3, -0.25) is 14.4 Å². The molecule has 1 aromatic carbocycles. The number of ketones is 1. The van der Waals surface area contributed by atoms with Gasteiger partial charge in [0.15, 0.2) is 11.9 Å². The third-order valence-corrected chi connectivity index (χ3v) is 3.99. The number of hydrogen-bond donors (Lipinski definition) is 1. The van der Waals surface area contributed by atoms with Crippen LogP contribution in [0.5, 0.6) is 0 Å². The van der Waals surface area contributed by atoms with Crippen LogP contribution in [0.3, 0.4) is 0 Å². The average Bonchev–Trinajstić information content (AvgIpc) is 3.00. The molecule has 0 spiro atoms. The Morgan fingerprint density at radius 2 is 2.00 bits per heavy atom. The van der Waals surface area contributed by atoms with Crippen molar-refractivity contribution >= 4 is 34.7 Å². The number of ether oxygens (including phenoxy) is 1. The van der Waals surface area contributed by atoms with Crippen molar-refractivity contribution in [2.45, 2.75) is 26.4 Å². The lowest BCUT2D eigenvalue weighted by Crippen LogP contribution is -2.30. The molecule has 1 aromatic heterocycles. The summed E-state index contributed by atoms with van der Waals surface area (Å²) < 4.78 is 5.12. The first-order valence-corrected chi connectivity index (χ1v) is 7.97. The Hall–Kier alpha value is -2.47. The first kappa shape index (κ1) is 16.9. The minimum absolute atomic E-state index is 0.0866. The zero-order valence-corrected chi connectivity index (χ0v) is 13.7. The summed E-state index contributed by atoms with van der Waals surface area (Å²) in [4.78, 5) is 36.1. The number of benzene rings is 1. The number of Topliss-reactive ketones (excluding diaryl/α,β-unsaturated/α-hetero) is 1. The summed E-state index contributed by atoms with van der Waals surface area (Å²) >= 11 is 1.46. The van der Waals surface area contributed by atoms with Gasteiger partial charge in [-0.1, -0.05) is 18.2 Å². The summed E-state index contributed by atoms with van der Waals surface area (Å²) in [6, 6.07) is 10.3. The standard InChI is InChI=1S/C17H17NO4S/c1-11(19)13-5-3-6-14(9-13)18-17(21)12(2)22-16(20)10-15-7-4-8-23-15/h3-9,12H,10H2,1-2H3,(H,18,21)/t12-/m0/s1. The van der Waals surface area contributed by atoms with Gasteiger partial charge in [0.1, 0.15) is 0 Å². The molecule has 2 rings (SSSR count). The van der Waals surface area contributed by atoms with Gasteiger partial charge in [0.2, 0.25) is 0 Å². The monoisotopic (exact) mass is 331 g/mol. The third kappa shape index (κ3) is 5.03. The molecule has 1 N–H and O–H groups in total.